The zero-order valence-electron chi connectivity index (χ0n) is 40.0. The molecule has 0 saturated carbocycles. The molecule has 0 aliphatic carbocycles. The predicted molar refractivity (Wildman–Crippen MR) is 255 cm³/mol. The first kappa shape index (κ1) is 54.6. The molecule has 0 amide bonds. The maximum Gasteiger partial charge on any atom is 0.123 e. The Bertz CT molecular complexity index is 2380. The Hall–Kier alpha value is -3.55. The number of benzene rings is 1. The molecule has 0 aliphatic heterocycles. The zero-order valence-corrected chi connectivity index (χ0v) is 45.7. The molecule has 7 heterocycles. The molecule has 2 N–H and O–H groups in total. The average molecular weight is 983 g/mol. The van der Waals surface area contributed by atoms with Crippen molar-refractivity contribution < 1.29 is 65.4 Å². The van der Waals surface area contributed by atoms with Crippen molar-refractivity contribution in [1.82, 2.24) is 33.6 Å². The summed E-state index contributed by atoms with van der Waals surface area (Å²) in [7, 11) is 6.04. The third-order valence-electron chi connectivity index (χ3n) is 10.4. The minimum atomic E-state index is 0. The Labute approximate surface area is 422 Å². The molecule has 7 aromatic heterocycles. The van der Waals surface area contributed by atoms with Crippen molar-refractivity contribution in [3.8, 4) is 0 Å². The van der Waals surface area contributed by atoms with E-state index in [1.165, 1.54) is 33.5 Å². The van der Waals surface area contributed by atoms with Gasteiger partial charge in [0.2, 0.25) is 0 Å². The number of nitrogens with zero attached hydrogens (tertiary/aromatic N) is 7. The predicted octanol–water partition coefficient (Wildman–Crippen LogP) is 12.9. The van der Waals surface area contributed by atoms with Crippen LogP contribution in [0.4, 0.5) is 5.82 Å². The normalized spacial score (nSPS) is 10.7. The molecular formula is C52H68N8Y2-2. The van der Waals surface area contributed by atoms with Gasteiger partial charge in [-0.3, -0.25) is 9.97 Å². The first-order valence-corrected chi connectivity index (χ1v) is 21.2. The number of anilines is 1. The van der Waals surface area contributed by atoms with Crippen LogP contribution in [0.5, 0.6) is 0 Å². The van der Waals surface area contributed by atoms with Crippen molar-refractivity contribution in [3.63, 3.8) is 0 Å². The van der Waals surface area contributed by atoms with Crippen LogP contribution in [-0.4, -0.2) is 33.6 Å². The first-order chi connectivity index (χ1) is 28.4. The quantitative estimate of drug-likeness (QED) is 0.173. The fourth-order valence-corrected chi connectivity index (χ4v) is 6.54. The summed E-state index contributed by atoms with van der Waals surface area (Å²) in [5, 5.41) is 2.26. The fraction of sp³-hybridized carbons (Fsp3) is 0.385. The summed E-state index contributed by atoms with van der Waals surface area (Å²) in [4.78, 5) is 17.5. The molecule has 8 nitrogen and oxygen atoms in total. The van der Waals surface area contributed by atoms with Gasteiger partial charge in [0.15, 0.2) is 0 Å². The van der Waals surface area contributed by atoms with E-state index in [1.807, 2.05) is 80.3 Å². The maximum atomic E-state index is 5.52. The molecule has 0 atom stereocenters. The van der Waals surface area contributed by atoms with Gasteiger partial charge in [-0.05, 0) is 110 Å². The fourth-order valence-electron chi connectivity index (χ4n) is 6.54. The standard InChI is InChI=1S/2C11H13N2.C11H14N2.C10H14.C9H14N2.2Y/c1-8(2)10-6-9-4-5-13(3)11(9)7-12-10;1-8(2)10-6-9-4-5-13(3)11(9)12-7-10;1-8(2)9-4-5-11-10(12-9)6-7-13(11)3;1-8(2)10-6-4-5-9(3)7-10;1-6(2)8-4-5-9(10)11-7(8)3;;/h2*5-8H,1-3H3;4-8H,1-3H3;4-8H,1-3H3;4-6H,1-3H3,(H2,10,11);;/q2*-1;;;;;. The summed E-state index contributed by atoms with van der Waals surface area (Å²) in [5.41, 5.74) is 18.6. The van der Waals surface area contributed by atoms with E-state index < -0.39 is 0 Å². The number of aromatic nitrogens is 7. The van der Waals surface area contributed by atoms with Crippen molar-refractivity contribution in [2.24, 2.45) is 21.1 Å². The van der Waals surface area contributed by atoms with Gasteiger partial charge in [0.1, 0.15) is 5.82 Å². The van der Waals surface area contributed by atoms with Crippen molar-refractivity contribution in [1.29, 1.82) is 0 Å². The molecule has 62 heavy (non-hydrogen) atoms. The van der Waals surface area contributed by atoms with Gasteiger partial charge in [0.05, 0.1) is 11.0 Å². The summed E-state index contributed by atoms with van der Waals surface area (Å²) in [6.45, 7) is 25.8. The number of nitrogen functional groups attached to an aromatic ring is 1. The van der Waals surface area contributed by atoms with Crippen LogP contribution in [0, 0.1) is 26.0 Å². The van der Waals surface area contributed by atoms with Gasteiger partial charge in [0, 0.05) is 102 Å². The van der Waals surface area contributed by atoms with Gasteiger partial charge in [-0.15, -0.1) is 11.5 Å². The number of rotatable bonds is 5. The van der Waals surface area contributed by atoms with Crippen molar-refractivity contribution in [3.05, 3.63) is 149 Å². The molecule has 0 saturated heterocycles. The zero-order chi connectivity index (χ0) is 44.3. The van der Waals surface area contributed by atoms with Crippen molar-refractivity contribution in [2.75, 3.05) is 5.73 Å². The Balaban J connectivity index is 0.000000266. The Morgan fingerprint density at radius 1 is 0.548 bits per heavy atom. The maximum absolute atomic E-state index is 5.52. The third-order valence-corrected chi connectivity index (χ3v) is 10.4. The molecule has 10 heteroatoms. The van der Waals surface area contributed by atoms with E-state index in [-0.39, 0.29) is 65.4 Å². The van der Waals surface area contributed by atoms with Gasteiger partial charge < -0.3 is 24.4 Å². The van der Waals surface area contributed by atoms with Crippen LogP contribution in [0.15, 0.2) is 97.7 Å². The summed E-state index contributed by atoms with van der Waals surface area (Å²) in [6.07, 6.45) is 9.77. The first-order valence-electron chi connectivity index (χ1n) is 21.2. The third kappa shape index (κ3) is 15.6. The van der Waals surface area contributed by atoms with E-state index >= 15 is 0 Å². The van der Waals surface area contributed by atoms with Gasteiger partial charge in [-0.1, -0.05) is 123 Å². The van der Waals surface area contributed by atoms with E-state index in [0.29, 0.717) is 35.4 Å². The van der Waals surface area contributed by atoms with Gasteiger partial charge in [-0.25, -0.2) is 4.98 Å². The summed E-state index contributed by atoms with van der Waals surface area (Å²) in [5.74, 6) is 3.31. The smallest absolute Gasteiger partial charge is 0.123 e. The van der Waals surface area contributed by atoms with E-state index in [9.17, 15) is 0 Å². The number of fused-ring (bicyclic) bond motifs is 3. The number of pyridine rings is 4. The van der Waals surface area contributed by atoms with Gasteiger partial charge in [-0.2, -0.15) is 23.6 Å². The molecule has 0 spiro atoms. The van der Waals surface area contributed by atoms with Crippen molar-refractivity contribution in [2.45, 2.75) is 113 Å². The van der Waals surface area contributed by atoms with Gasteiger partial charge in [0.25, 0.3) is 0 Å². The van der Waals surface area contributed by atoms with E-state index in [4.69, 9.17) is 5.73 Å². The molecule has 2 radical (unpaired) electrons. The summed E-state index contributed by atoms with van der Waals surface area (Å²) < 4.78 is 6.11. The monoisotopic (exact) mass is 982 g/mol. The van der Waals surface area contributed by atoms with Crippen LogP contribution in [-0.2, 0) is 86.6 Å². The molecule has 0 unspecified atom stereocenters. The molecule has 1 aromatic carbocycles. The number of aryl methyl sites for hydroxylation is 5. The molecule has 324 valence electrons. The van der Waals surface area contributed by atoms with Crippen molar-refractivity contribution >= 4 is 38.8 Å². The van der Waals surface area contributed by atoms with Crippen LogP contribution in [0.2, 0.25) is 0 Å². The second-order valence-electron chi connectivity index (χ2n) is 17.2. The van der Waals surface area contributed by atoms with Crippen LogP contribution < -0.4 is 5.73 Å². The minimum absolute atomic E-state index is 0. The molecule has 8 aromatic rings. The average Bonchev–Trinajstić information content (AvgIpc) is 3.90. The number of nitrogens with two attached hydrogens (primary N) is 1. The minimum Gasteiger partial charge on any atom is -0.412 e. The largest absolute Gasteiger partial charge is 0.412 e. The van der Waals surface area contributed by atoms with E-state index in [2.05, 4.69) is 167 Å². The Kier molecular flexibility index (Phi) is 22.6. The molecule has 0 fully saturated rings. The summed E-state index contributed by atoms with van der Waals surface area (Å²) >= 11 is 0. The Morgan fingerprint density at radius 3 is 1.77 bits per heavy atom. The summed E-state index contributed by atoms with van der Waals surface area (Å²) in [6, 6.07) is 29.5. The van der Waals surface area contributed by atoms with Crippen LogP contribution in [0.3, 0.4) is 0 Å². The SMILES string of the molecule is CC(C)c1cc2[c-]cn(C)c2cn1.CC(C)c1ccc2c(ccn2C)n1.CC(C)c1cnc2c([c-]cn2C)c1.Cc1cccc(C(C)C)c1.Cc1nc(N)ccc1C(C)C.[Y].[Y]. The van der Waals surface area contributed by atoms with Crippen LogP contribution in [0.1, 0.15) is 138 Å². The molecule has 8 rings (SSSR count). The molecular weight excluding hydrogens is 914 g/mol. The van der Waals surface area contributed by atoms with E-state index in [0.717, 1.165) is 38.8 Å². The van der Waals surface area contributed by atoms with Gasteiger partial charge >= 0.3 is 0 Å². The number of hydrogen-bond donors (Lipinski definition) is 1. The second-order valence-corrected chi connectivity index (χ2v) is 17.2. The van der Waals surface area contributed by atoms with Crippen LogP contribution >= 0.6 is 0 Å². The second kappa shape index (κ2) is 25.7. The van der Waals surface area contributed by atoms with E-state index in [1.54, 1.807) is 0 Å². The Morgan fingerprint density at radius 2 is 1.19 bits per heavy atom. The topological polar surface area (TPSA) is 92.4 Å². The van der Waals surface area contributed by atoms with Crippen LogP contribution in [0.25, 0.3) is 33.0 Å². The number of hydrogen-bond acceptors (Lipinski definition) is 5. The molecule has 0 bridgehead atoms. The molecule has 0 aliphatic rings.